The van der Waals surface area contributed by atoms with E-state index in [-0.39, 0.29) is 11.9 Å². The number of ether oxygens (including phenoxy) is 1. The van der Waals surface area contributed by atoms with Crippen molar-refractivity contribution >= 4 is 5.91 Å². The Morgan fingerprint density at radius 3 is 2.91 bits per heavy atom. The molecule has 0 unspecified atom stereocenters. The minimum atomic E-state index is -0.0668. The normalized spacial score (nSPS) is 25.5. The first-order chi connectivity index (χ1) is 10.5. The summed E-state index contributed by atoms with van der Waals surface area (Å²) in [5.74, 6) is 1.17. The van der Waals surface area contributed by atoms with Gasteiger partial charge in [-0.3, -0.25) is 14.7 Å². The highest BCUT2D eigenvalue weighted by molar-refractivity contribution is 5.83. The fraction of sp³-hybridized carbons (Fsp3) is 0.647. The predicted molar refractivity (Wildman–Crippen MR) is 84.9 cm³/mol. The Hall–Kier alpha value is -1.62. The highest BCUT2D eigenvalue weighted by Crippen LogP contribution is 2.29. The van der Waals surface area contributed by atoms with Crippen LogP contribution in [0.1, 0.15) is 36.6 Å². The fourth-order valence-corrected chi connectivity index (χ4v) is 3.76. The molecule has 2 aliphatic rings. The largest absolute Gasteiger partial charge is 0.496 e. The molecule has 1 aromatic heterocycles. The number of piperazine rings is 1. The van der Waals surface area contributed by atoms with E-state index in [2.05, 4.69) is 14.8 Å². The van der Waals surface area contributed by atoms with Gasteiger partial charge in [0.15, 0.2) is 0 Å². The third-order valence-corrected chi connectivity index (χ3v) is 5.11. The first-order valence-corrected chi connectivity index (χ1v) is 8.06. The van der Waals surface area contributed by atoms with Crippen LogP contribution in [-0.2, 0) is 11.3 Å². The molecule has 3 rings (SSSR count). The molecule has 0 saturated carbocycles. The second kappa shape index (κ2) is 5.88. The van der Waals surface area contributed by atoms with Crippen molar-refractivity contribution in [2.45, 2.75) is 52.2 Å². The lowest BCUT2D eigenvalue weighted by Gasteiger charge is -2.41. The van der Waals surface area contributed by atoms with Crippen LogP contribution in [0.25, 0.3) is 0 Å². The molecule has 0 aromatic carbocycles. The van der Waals surface area contributed by atoms with Gasteiger partial charge in [-0.1, -0.05) is 0 Å². The number of fused-ring (bicyclic) bond motifs is 1. The number of methoxy groups -OCH3 is 1. The van der Waals surface area contributed by atoms with Gasteiger partial charge in [0.05, 0.1) is 18.8 Å². The van der Waals surface area contributed by atoms with Gasteiger partial charge in [0.2, 0.25) is 5.91 Å². The van der Waals surface area contributed by atoms with E-state index in [1.807, 2.05) is 27.0 Å². The monoisotopic (exact) mass is 303 g/mol. The van der Waals surface area contributed by atoms with Crippen molar-refractivity contribution in [2.75, 3.05) is 20.2 Å². The topological polar surface area (TPSA) is 45.7 Å². The van der Waals surface area contributed by atoms with Crippen LogP contribution in [0.5, 0.6) is 5.75 Å². The quantitative estimate of drug-likeness (QED) is 0.855. The molecule has 5 heteroatoms. The molecule has 5 nitrogen and oxygen atoms in total. The van der Waals surface area contributed by atoms with Gasteiger partial charge in [0, 0.05) is 43.0 Å². The van der Waals surface area contributed by atoms with Crippen molar-refractivity contribution in [1.29, 1.82) is 0 Å². The molecule has 0 radical (unpaired) electrons. The van der Waals surface area contributed by atoms with Crippen molar-refractivity contribution in [3.05, 3.63) is 23.0 Å². The smallest absolute Gasteiger partial charge is 0.239 e. The van der Waals surface area contributed by atoms with Gasteiger partial charge >= 0.3 is 0 Å². The Morgan fingerprint density at radius 1 is 1.41 bits per heavy atom. The van der Waals surface area contributed by atoms with Crippen molar-refractivity contribution in [3.63, 3.8) is 0 Å². The van der Waals surface area contributed by atoms with E-state index >= 15 is 0 Å². The summed E-state index contributed by atoms with van der Waals surface area (Å²) in [5.41, 5.74) is 3.14. The SMILES string of the molecule is COc1c(C)cnc(CN2C[C@H]3CCCN3C(=O)[C@@H]2C)c1C. The van der Waals surface area contributed by atoms with Crippen molar-refractivity contribution < 1.29 is 9.53 Å². The summed E-state index contributed by atoms with van der Waals surface area (Å²) < 4.78 is 5.49. The number of amides is 1. The summed E-state index contributed by atoms with van der Waals surface area (Å²) in [7, 11) is 1.70. The van der Waals surface area contributed by atoms with Gasteiger partial charge < -0.3 is 9.64 Å². The number of carbonyl (C=O) groups excluding carboxylic acids is 1. The van der Waals surface area contributed by atoms with E-state index < -0.39 is 0 Å². The maximum atomic E-state index is 12.5. The Morgan fingerprint density at radius 2 is 2.18 bits per heavy atom. The van der Waals surface area contributed by atoms with Gasteiger partial charge in [-0.25, -0.2) is 0 Å². The average Bonchev–Trinajstić information content (AvgIpc) is 2.96. The molecule has 2 aliphatic heterocycles. The van der Waals surface area contributed by atoms with Crippen molar-refractivity contribution in [2.24, 2.45) is 0 Å². The number of hydrogen-bond acceptors (Lipinski definition) is 4. The van der Waals surface area contributed by atoms with Gasteiger partial charge in [0.1, 0.15) is 5.75 Å². The van der Waals surface area contributed by atoms with E-state index in [1.54, 1.807) is 7.11 Å². The minimum absolute atomic E-state index is 0.0668. The van der Waals surface area contributed by atoms with Gasteiger partial charge in [-0.15, -0.1) is 0 Å². The Balaban J connectivity index is 1.82. The minimum Gasteiger partial charge on any atom is -0.496 e. The van der Waals surface area contributed by atoms with Crippen LogP contribution in [0.4, 0.5) is 0 Å². The summed E-state index contributed by atoms with van der Waals surface area (Å²) in [4.78, 5) is 21.4. The highest BCUT2D eigenvalue weighted by atomic mass is 16.5. The summed E-state index contributed by atoms with van der Waals surface area (Å²) in [6, 6.07) is 0.319. The number of hydrogen-bond donors (Lipinski definition) is 0. The lowest BCUT2D eigenvalue weighted by molar-refractivity contribution is -0.143. The Kier molecular flexibility index (Phi) is 4.08. The van der Waals surface area contributed by atoms with Crippen LogP contribution in [0.15, 0.2) is 6.20 Å². The molecule has 1 aromatic rings. The predicted octanol–water partition coefficient (Wildman–Crippen LogP) is 1.90. The Bertz CT molecular complexity index is 588. The average molecular weight is 303 g/mol. The van der Waals surface area contributed by atoms with E-state index in [0.717, 1.165) is 48.5 Å². The van der Waals surface area contributed by atoms with E-state index in [4.69, 9.17) is 4.74 Å². The summed E-state index contributed by atoms with van der Waals surface area (Å²) in [5, 5.41) is 0. The van der Waals surface area contributed by atoms with Gasteiger partial charge in [-0.05, 0) is 33.6 Å². The molecule has 3 heterocycles. The van der Waals surface area contributed by atoms with Crippen LogP contribution < -0.4 is 4.74 Å². The second-order valence-corrected chi connectivity index (χ2v) is 6.48. The van der Waals surface area contributed by atoms with Crippen LogP contribution >= 0.6 is 0 Å². The zero-order valence-electron chi connectivity index (χ0n) is 13.9. The number of aromatic nitrogens is 1. The fourth-order valence-electron chi connectivity index (χ4n) is 3.76. The Labute approximate surface area is 132 Å². The number of rotatable bonds is 3. The van der Waals surface area contributed by atoms with Crippen LogP contribution in [0.3, 0.4) is 0 Å². The second-order valence-electron chi connectivity index (χ2n) is 6.48. The third kappa shape index (κ3) is 2.47. The number of nitrogens with zero attached hydrogens (tertiary/aromatic N) is 3. The molecule has 0 aliphatic carbocycles. The van der Waals surface area contributed by atoms with Crippen LogP contribution in [-0.4, -0.2) is 53.0 Å². The zero-order chi connectivity index (χ0) is 15.9. The summed E-state index contributed by atoms with van der Waals surface area (Å²) in [6.45, 7) is 8.65. The van der Waals surface area contributed by atoms with E-state index in [9.17, 15) is 4.79 Å². The molecule has 0 bridgehead atoms. The standard InChI is InChI=1S/C17H25N3O2/c1-11-8-18-15(12(2)16(11)22-4)10-19-9-14-6-5-7-20(14)17(21)13(19)3/h8,13-14H,5-7,9-10H2,1-4H3/t13-,14+/m0/s1. The first kappa shape index (κ1) is 15.3. The highest BCUT2D eigenvalue weighted by Gasteiger charge is 2.40. The zero-order valence-corrected chi connectivity index (χ0v) is 13.9. The van der Waals surface area contributed by atoms with Gasteiger partial charge in [0.25, 0.3) is 0 Å². The number of aryl methyl sites for hydroxylation is 1. The van der Waals surface area contributed by atoms with E-state index in [0.29, 0.717) is 12.6 Å². The van der Waals surface area contributed by atoms with Crippen molar-refractivity contribution in [1.82, 2.24) is 14.8 Å². The van der Waals surface area contributed by atoms with Crippen LogP contribution in [0.2, 0.25) is 0 Å². The molecule has 2 saturated heterocycles. The number of carbonyl (C=O) groups is 1. The summed E-state index contributed by atoms with van der Waals surface area (Å²) >= 11 is 0. The molecular weight excluding hydrogens is 278 g/mol. The molecule has 22 heavy (non-hydrogen) atoms. The maximum Gasteiger partial charge on any atom is 0.239 e. The molecule has 2 atom stereocenters. The number of pyridine rings is 1. The third-order valence-electron chi connectivity index (χ3n) is 5.11. The van der Waals surface area contributed by atoms with Gasteiger partial charge in [-0.2, -0.15) is 0 Å². The maximum absolute atomic E-state index is 12.5. The summed E-state index contributed by atoms with van der Waals surface area (Å²) in [6.07, 6.45) is 4.12. The van der Waals surface area contributed by atoms with Crippen LogP contribution in [0, 0.1) is 13.8 Å². The molecule has 1 amide bonds. The molecular formula is C17H25N3O2. The first-order valence-electron chi connectivity index (χ1n) is 8.06. The van der Waals surface area contributed by atoms with E-state index in [1.165, 1.54) is 0 Å². The molecule has 2 fully saturated rings. The molecule has 0 N–H and O–H groups in total. The van der Waals surface area contributed by atoms with Crippen molar-refractivity contribution in [3.8, 4) is 5.75 Å². The molecule has 0 spiro atoms. The lowest BCUT2D eigenvalue weighted by atomic mass is 10.1. The lowest BCUT2D eigenvalue weighted by Crippen LogP contribution is -2.58. The molecule has 120 valence electrons.